The van der Waals surface area contributed by atoms with E-state index in [4.69, 9.17) is 0 Å². The Morgan fingerprint density at radius 3 is 2.58 bits per heavy atom. The molecule has 1 unspecified atom stereocenters. The van der Waals surface area contributed by atoms with Crippen molar-refractivity contribution < 1.29 is 32.6 Å². The van der Waals surface area contributed by atoms with Gasteiger partial charge < -0.3 is 9.41 Å². The summed E-state index contributed by atoms with van der Waals surface area (Å²) in [5, 5.41) is 1.32. The molecule has 5 rings (SSSR count). The van der Waals surface area contributed by atoms with E-state index in [1.807, 2.05) is 0 Å². The van der Waals surface area contributed by atoms with Crippen molar-refractivity contribution in [3.8, 4) is 0 Å². The summed E-state index contributed by atoms with van der Waals surface area (Å²) >= 11 is -0.700. The van der Waals surface area contributed by atoms with E-state index in [1.54, 1.807) is 3.28 Å². The Morgan fingerprint density at radius 1 is 0.923 bits per heavy atom. The van der Waals surface area contributed by atoms with E-state index in [0.29, 0.717) is 3.63 Å². The molecule has 2 aliphatic carbocycles. The summed E-state index contributed by atoms with van der Waals surface area (Å²) in [6, 6.07) is 19.9. The van der Waals surface area contributed by atoms with Crippen molar-refractivity contribution in [1.29, 1.82) is 0 Å². The fraction of sp³-hybridized carbons (Fsp3) is 0.0909. The summed E-state index contributed by atoms with van der Waals surface area (Å²) in [4.78, 5) is 0. The zero-order valence-electron chi connectivity index (χ0n) is 14.1. The molecule has 2 aromatic carbocycles. The molecule has 1 nitrogen and oxygen atoms in total. The van der Waals surface area contributed by atoms with Crippen molar-refractivity contribution >= 4 is 22.7 Å². The van der Waals surface area contributed by atoms with Crippen molar-refractivity contribution in [2.75, 3.05) is 0 Å². The Bertz CT molecular complexity index is 1030. The second-order valence-electron chi connectivity index (χ2n) is 6.34. The van der Waals surface area contributed by atoms with Gasteiger partial charge in [0, 0.05) is 0 Å². The van der Waals surface area contributed by atoms with Gasteiger partial charge in [0.15, 0.2) is 0 Å². The molecule has 26 heavy (non-hydrogen) atoms. The number of allylic oxidation sites excluding steroid dienone is 5. The Labute approximate surface area is 163 Å². The minimum Gasteiger partial charge on any atom is -1.00 e. The second kappa shape index (κ2) is 7.67. The van der Waals surface area contributed by atoms with Gasteiger partial charge in [0.1, 0.15) is 0 Å². The third-order valence-corrected chi connectivity index (χ3v) is 8.91. The van der Waals surface area contributed by atoms with Gasteiger partial charge in [-0.05, 0) is 0 Å². The maximum atomic E-state index is 2.42. The van der Waals surface area contributed by atoms with Crippen LogP contribution in [0.2, 0.25) is 0 Å². The smallest absolute Gasteiger partial charge is 1.00 e. The van der Waals surface area contributed by atoms with Crippen LogP contribution in [0.3, 0.4) is 0 Å². The SMILES string of the molecule is C1=CC[C]([Zr+2][CH]2C(n3ccc4ccccc43)=Cc3ccccc32)=C1.[F-].[F-]. The first-order valence-electron chi connectivity index (χ1n) is 8.39. The minimum atomic E-state index is -0.700. The zero-order valence-corrected chi connectivity index (χ0v) is 16.5. The Hall–Kier alpha value is -2.06. The molecule has 0 spiro atoms. The van der Waals surface area contributed by atoms with Gasteiger partial charge in [-0.25, -0.2) is 0 Å². The monoisotopic (exact) mass is 423 g/mol. The molecule has 128 valence electrons. The second-order valence-corrected chi connectivity index (χ2v) is 10.1. The third-order valence-electron chi connectivity index (χ3n) is 4.88. The number of aromatic nitrogens is 1. The molecule has 1 atom stereocenters. The molecule has 4 heteroatoms. The van der Waals surface area contributed by atoms with Crippen molar-refractivity contribution in [3.63, 3.8) is 0 Å². The molecule has 0 aliphatic heterocycles. The molecule has 0 saturated carbocycles. The van der Waals surface area contributed by atoms with Crippen LogP contribution in [0.15, 0.2) is 82.3 Å². The van der Waals surface area contributed by atoms with Crippen molar-refractivity contribution in [2.45, 2.75) is 10.0 Å². The molecule has 1 aromatic heterocycles. The number of hydrogen-bond acceptors (Lipinski definition) is 0. The summed E-state index contributed by atoms with van der Waals surface area (Å²) in [5.74, 6) is 0. The summed E-state index contributed by atoms with van der Waals surface area (Å²) < 4.78 is 4.72. The number of para-hydroxylation sites is 1. The molecule has 0 amide bonds. The van der Waals surface area contributed by atoms with Crippen molar-refractivity contribution in [3.05, 3.63) is 93.4 Å². The molecule has 3 aromatic rings. The summed E-state index contributed by atoms with van der Waals surface area (Å²) in [5.41, 5.74) is 5.73. The van der Waals surface area contributed by atoms with Gasteiger partial charge >= 0.3 is 154 Å². The molecule has 0 fully saturated rings. The van der Waals surface area contributed by atoms with E-state index in [-0.39, 0.29) is 9.41 Å². The van der Waals surface area contributed by atoms with Crippen molar-refractivity contribution in [1.82, 2.24) is 4.57 Å². The van der Waals surface area contributed by atoms with E-state index < -0.39 is 23.2 Å². The molecule has 1 heterocycles. The molecule has 2 aliphatic rings. The molecule has 0 bridgehead atoms. The van der Waals surface area contributed by atoms with Gasteiger partial charge in [0.2, 0.25) is 0 Å². The zero-order chi connectivity index (χ0) is 15.9. The summed E-state index contributed by atoms with van der Waals surface area (Å²) in [6.07, 6.45) is 12.7. The molecular formula is C22H17F2NZr. The first-order chi connectivity index (χ1) is 11.9. The first-order valence-corrected chi connectivity index (χ1v) is 11.0. The molecule has 0 radical (unpaired) electrons. The van der Waals surface area contributed by atoms with Crippen LogP contribution in [0.25, 0.3) is 22.7 Å². The predicted molar refractivity (Wildman–Crippen MR) is 97.1 cm³/mol. The van der Waals surface area contributed by atoms with Crippen LogP contribution in [0.4, 0.5) is 0 Å². The van der Waals surface area contributed by atoms with Gasteiger partial charge in [0.05, 0.1) is 0 Å². The van der Waals surface area contributed by atoms with Crippen LogP contribution in [0.1, 0.15) is 21.2 Å². The fourth-order valence-corrected chi connectivity index (χ4v) is 7.62. The normalized spacial score (nSPS) is 17.0. The number of halogens is 2. The number of fused-ring (bicyclic) bond motifs is 2. The third kappa shape index (κ3) is 3.08. The van der Waals surface area contributed by atoms with Crippen molar-refractivity contribution in [2.24, 2.45) is 0 Å². The van der Waals surface area contributed by atoms with E-state index in [9.17, 15) is 0 Å². The van der Waals surface area contributed by atoms with Gasteiger partial charge in [-0.1, -0.05) is 0 Å². The minimum absolute atomic E-state index is 0. The fourth-order valence-electron chi connectivity index (χ4n) is 3.72. The number of benzene rings is 2. The van der Waals surface area contributed by atoms with Crippen LogP contribution in [-0.4, -0.2) is 4.57 Å². The van der Waals surface area contributed by atoms with Gasteiger partial charge in [-0.2, -0.15) is 0 Å². The quantitative estimate of drug-likeness (QED) is 0.541. The summed E-state index contributed by atoms with van der Waals surface area (Å²) in [7, 11) is 0. The van der Waals surface area contributed by atoms with Crippen LogP contribution in [-0.2, 0) is 23.2 Å². The van der Waals surface area contributed by atoms with Gasteiger partial charge in [-0.3, -0.25) is 0 Å². The van der Waals surface area contributed by atoms with E-state index in [2.05, 4.69) is 89.7 Å². The van der Waals surface area contributed by atoms with Crippen LogP contribution >= 0.6 is 0 Å². The molecular weight excluding hydrogens is 407 g/mol. The van der Waals surface area contributed by atoms with Crippen LogP contribution in [0, 0.1) is 0 Å². The largest absolute Gasteiger partial charge is 1.00 e. The predicted octanol–water partition coefficient (Wildman–Crippen LogP) is -0.372. The van der Waals surface area contributed by atoms with E-state index >= 15 is 0 Å². The Morgan fingerprint density at radius 2 is 1.73 bits per heavy atom. The van der Waals surface area contributed by atoms with Crippen LogP contribution in [0.5, 0.6) is 0 Å². The number of rotatable bonds is 3. The Balaban J connectivity index is 0.000000980. The van der Waals surface area contributed by atoms with Gasteiger partial charge in [0.25, 0.3) is 0 Å². The Kier molecular flexibility index (Phi) is 5.53. The van der Waals surface area contributed by atoms with E-state index in [0.717, 1.165) is 0 Å². The maximum Gasteiger partial charge on any atom is -1.00 e. The molecule has 0 saturated heterocycles. The number of hydrogen-bond donors (Lipinski definition) is 0. The van der Waals surface area contributed by atoms with E-state index in [1.165, 1.54) is 34.1 Å². The average Bonchev–Trinajstić information content (AvgIpc) is 3.34. The average molecular weight is 425 g/mol. The van der Waals surface area contributed by atoms with Crippen LogP contribution < -0.4 is 9.41 Å². The maximum absolute atomic E-state index is 2.42. The summed E-state index contributed by atoms with van der Waals surface area (Å²) in [6.45, 7) is 0. The van der Waals surface area contributed by atoms with Gasteiger partial charge in [-0.15, -0.1) is 0 Å². The topological polar surface area (TPSA) is 4.93 Å². The molecule has 0 N–H and O–H groups in total. The first kappa shape index (κ1) is 18.7. The number of nitrogens with zero attached hydrogens (tertiary/aromatic N) is 1. The standard InChI is InChI=1S/C17H12N.C5H5.2FH.Zr/c1-2-7-15-12-16(11-14(15)6-1)18-10-9-13-5-3-4-8-17(13)18;1-2-4-5-3-1;;;/h1-12H;1-3H,4H2;2*1H;/q;;;;+2/p-2.